The van der Waals surface area contributed by atoms with E-state index in [9.17, 15) is 19.2 Å². The fourth-order valence-electron chi connectivity index (χ4n) is 8.12. The average molecular weight is 673 g/mol. The first-order chi connectivity index (χ1) is 22.3. The summed E-state index contributed by atoms with van der Waals surface area (Å²) in [4.78, 5) is 58.0. The fourth-order valence-corrected chi connectivity index (χ4v) is 11.1. The van der Waals surface area contributed by atoms with Crippen molar-refractivity contribution in [1.29, 1.82) is 0 Å². The minimum atomic E-state index is -0.443. The number of aromatic nitrogens is 1. The van der Waals surface area contributed by atoms with Gasteiger partial charge in [-0.3, -0.25) is 19.3 Å². The van der Waals surface area contributed by atoms with Crippen LogP contribution in [0.2, 0.25) is 5.02 Å². The highest BCUT2D eigenvalue weighted by Crippen LogP contribution is 2.68. The molecule has 4 aromatic rings. The average Bonchev–Trinajstić information content (AvgIpc) is 3.80. The van der Waals surface area contributed by atoms with Gasteiger partial charge in [-0.15, -0.1) is 11.8 Å². The van der Waals surface area contributed by atoms with Gasteiger partial charge >= 0.3 is 10.8 Å². The van der Waals surface area contributed by atoms with E-state index in [1.54, 1.807) is 43.0 Å². The summed E-state index contributed by atoms with van der Waals surface area (Å²) in [5.74, 6) is -0.820. The molecule has 11 heteroatoms. The van der Waals surface area contributed by atoms with Gasteiger partial charge in [0.25, 0.3) is 0 Å². The van der Waals surface area contributed by atoms with Crippen molar-refractivity contribution in [2.24, 2.45) is 29.6 Å². The highest BCUT2D eigenvalue weighted by molar-refractivity contribution is 8.00. The first-order valence-corrected chi connectivity index (χ1v) is 17.4. The van der Waals surface area contributed by atoms with Crippen molar-refractivity contribution >= 4 is 58.2 Å². The number of H-pyrrole nitrogens is 1. The Morgan fingerprint density at radius 2 is 1.63 bits per heavy atom. The van der Waals surface area contributed by atoms with Gasteiger partial charge in [0.1, 0.15) is 12.4 Å². The van der Waals surface area contributed by atoms with Gasteiger partial charge in [-0.1, -0.05) is 47.2 Å². The molecule has 3 aromatic carbocycles. The molecule has 3 heterocycles. The largest absolute Gasteiger partial charge is 0.489 e. The highest BCUT2D eigenvalue weighted by atomic mass is 35.5. The van der Waals surface area contributed by atoms with E-state index in [4.69, 9.17) is 21.1 Å². The summed E-state index contributed by atoms with van der Waals surface area (Å²) >= 11 is 8.91. The number of hydrogen-bond acceptors (Lipinski definition) is 8. The van der Waals surface area contributed by atoms with Crippen LogP contribution in [0, 0.1) is 29.6 Å². The van der Waals surface area contributed by atoms with E-state index in [-0.39, 0.29) is 52.2 Å². The normalized spacial score (nSPS) is 27.3. The van der Waals surface area contributed by atoms with Gasteiger partial charge in [-0.2, -0.15) is 0 Å². The van der Waals surface area contributed by atoms with E-state index in [2.05, 4.69) is 17.1 Å². The number of halogens is 1. The van der Waals surface area contributed by atoms with Crippen molar-refractivity contribution in [2.45, 2.75) is 36.1 Å². The van der Waals surface area contributed by atoms with Crippen LogP contribution >= 0.6 is 34.7 Å². The van der Waals surface area contributed by atoms with E-state index < -0.39 is 17.8 Å². The number of imide groups is 1. The number of hydrogen-bond donors (Lipinski definition) is 1. The van der Waals surface area contributed by atoms with Crippen LogP contribution in [0.15, 0.2) is 82.6 Å². The molecule has 7 atom stereocenters. The van der Waals surface area contributed by atoms with Crippen molar-refractivity contribution in [3.8, 4) is 5.75 Å². The molecule has 8 nitrogen and oxygen atoms in total. The lowest BCUT2D eigenvalue weighted by atomic mass is 9.68. The fraction of sp³-hybridized carbons (Fsp3) is 0.314. The zero-order valence-electron chi connectivity index (χ0n) is 24.7. The third-order valence-corrected chi connectivity index (χ3v) is 12.8. The second-order valence-corrected chi connectivity index (χ2v) is 14.9. The molecule has 234 valence electrons. The van der Waals surface area contributed by atoms with Crippen LogP contribution in [0.1, 0.15) is 45.6 Å². The Hall–Kier alpha value is -3.86. The molecular weight excluding hydrogens is 644 g/mol. The minimum absolute atomic E-state index is 0.00365. The number of aromatic amines is 1. The molecule has 1 N–H and O–H groups in total. The molecule has 46 heavy (non-hydrogen) atoms. The molecule has 5 unspecified atom stereocenters. The predicted octanol–water partition coefficient (Wildman–Crippen LogP) is 6.52. The maximum absolute atomic E-state index is 14.1. The minimum Gasteiger partial charge on any atom is -0.489 e. The monoisotopic (exact) mass is 672 g/mol. The second-order valence-electron chi connectivity index (χ2n) is 12.2. The standard InChI is InChI=1S/C35H29ClN2O6S2/c1-2-43-34(41)19-5-11-21(12-6-19)38-32(39)27-23-15-24(28(27)33(38)40)29-26(23)25(30-31(45-29)37-35(42)46-30)18-7-13-22(14-8-18)44-16-17-3-9-20(36)10-4-17/h3-14,23-29H,2,15-16H2,1H3,(H,37,42)/t23-,24-,25?,26?,27?,28?,29?/m1/s1. The molecule has 2 amide bonds. The number of carbonyl (C=O) groups is 3. The summed E-state index contributed by atoms with van der Waals surface area (Å²) in [5.41, 5.74) is 2.93. The second kappa shape index (κ2) is 11.4. The first-order valence-electron chi connectivity index (χ1n) is 15.3. The van der Waals surface area contributed by atoms with Crippen molar-refractivity contribution in [2.75, 3.05) is 11.5 Å². The number of esters is 1. The van der Waals surface area contributed by atoms with Crippen molar-refractivity contribution in [3.63, 3.8) is 0 Å². The summed E-state index contributed by atoms with van der Waals surface area (Å²) in [6.45, 7) is 2.42. The maximum atomic E-state index is 14.1. The van der Waals surface area contributed by atoms with Crippen LogP contribution in [-0.2, 0) is 20.9 Å². The number of nitrogens with zero attached hydrogens (tertiary/aromatic N) is 1. The van der Waals surface area contributed by atoms with Crippen LogP contribution in [-0.4, -0.2) is 34.6 Å². The van der Waals surface area contributed by atoms with Gasteiger partial charge in [-0.05, 0) is 90.8 Å². The Kier molecular flexibility index (Phi) is 7.34. The van der Waals surface area contributed by atoms with Crippen LogP contribution in [0.3, 0.4) is 0 Å². The van der Waals surface area contributed by atoms with Gasteiger partial charge in [0.05, 0.1) is 34.7 Å². The predicted molar refractivity (Wildman–Crippen MR) is 176 cm³/mol. The summed E-state index contributed by atoms with van der Waals surface area (Å²) < 4.78 is 11.1. The van der Waals surface area contributed by atoms with E-state index in [0.717, 1.165) is 33.2 Å². The first kappa shape index (κ1) is 29.5. The quantitative estimate of drug-likeness (QED) is 0.176. The number of carbonyl (C=O) groups excluding carboxylic acids is 3. The molecule has 2 aliphatic carbocycles. The zero-order valence-corrected chi connectivity index (χ0v) is 27.1. The summed E-state index contributed by atoms with van der Waals surface area (Å²) in [5, 5.41) is 1.64. The summed E-state index contributed by atoms with van der Waals surface area (Å²) in [6.07, 6.45) is 0.808. The molecule has 3 fully saturated rings. The van der Waals surface area contributed by atoms with Gasteiger partial charge in [0, 0.05) is 21.1 Å². The Morgan fingerprint density at radius 1 is 0.935 bits per heavy atom. The Bertz CT molecular complexity index is 1900. The molecular formula is C35H29ClN2O6S2. The summed E-state index contributed by atoms with van der Waals surface area (Å²) in [6, 6.07) is 22.1. The lowest BCUT2D eigenvalue weighted by Gasteiger charge is -2.43. The Labute approximate surface area is 278 Å². The smallest absolute Gasteiger partial charge is 0.338 e. The number of ether oxygens (including phenoxy) is 2. The number of fused-ring (bicyclic) bond motifs is 9. The lowest BCUT2D eigenvalue weighted by molar-refractivity contribution is -0.123. The number of thiazole rings is 1. The molecule has 8 rings (SSSR count). The molecule has 1 saturated heterocycles. The molecule has 2 aliphatic heterocycles. The third kappa shape index (κ3) is 4.72. The Balaban J connectivity index is 1.08. The van der Waals surface area contributed by atoms with Gasteiger partial charge < -0.3 is 14.5 Å². The number of anilines is 1. The molecule has 2 bridgehead atoms. The van der Waals surface area contributed by atoms with Crippen molar-refractivity contribution in [3.05, 3.63) is 109 Å². The lowest BCUT2D eigenvalue weighted by Crippen LogP contribution is -2.42. The molecule has 0 radical (unpaired) electrons. The van der Waals surface area contributed by atoms with Crippen LogP contribution in [0.25, 0.3) is 0 Å². The molecule has 2 saturated carbocycles. The van der Waals surface area contributed by atoms with E-state index in [0.29, 0.717) is 22.9 Å². The van der Waals surface area contributed by atoms with E-state index in [1.807, 2.05) is 36.4 Å². The van der Waals surface area contributed by atoms with E-state index in [1.165, 1.54) is 16.2 Å². The zero-order chi connectivity index (χ0) is 31.7. The maximum Gasteiger partial charge on any atom is 0.338 e. The van der Waals surface area contributed by atoms with Crippen LogP contribution in [0.5, 0.6) is 5.75 Å². The van der Waals surface area contributed by atoms with Crippen molar-refractivity contribution in [1.82, 2.24) is 4.98 Å². The van der Waals surface area contributed by atoms with Gasteiger partial charge in [-0.25, -0.2) is 4.79 Å². The van der Waals surface area contributed by atoms with Crippen LogP contribution in [0.4, 0.5) is 5.69 Å². The SMILES string of the molecule is CCOC(=O)c1ccc(N2C(=O)C3C(C2=O)[C@@H]2C[C@H]3C3Sc4[nH]c(=O)sc4C(c4ccc(OCc5ccc(Cl)cc5)cc4)C32)cc1. The Morgan fingerprint density at radius 3 is 2.33 bits per heavy atom. The van der Waals surface area contributed by atoms with Crippen LogP contribution < -0.4 is 14.5 Å². The molecule has 1 aromatic heterocycles. The van der Waals surface area contributed by atoms with Gasteiger partial charge in [0.15, 0.2) is 0 Å². The number of amides is 2. The third-order valence-electron chi connectivity index (χ3n) is 9.92. The molecule has 0 spiro atoms. The number of thioether (sulfide) groups is 1. The van der Waals surface area contributed by atoms with E-state index >= 15 is 0 Å². The van der Waals surface area contributed by atoms with Gasteiger partial charge in [0.2, 0.25) is 11.8 Å². The molecule has 4 aliphatic rings. The number of rotatable bonds is 7. The topological polar surface area (TPSA) is 106 Å². The highest BCUT2D eigenvalue weighted by Gasteiger charge is 2.69. The summed E-state index contributed by atoms with van der Waals surface area (Å²) in [7, 11) is 0. The number of benzene rings is 3. The number of nitrogens with one attached hydrogen (secondary N) is 1. The van der Waals surface area contributed by atoms with Crippen molar-refractivity contribution < 1.29 is 23.9 Å².